The molecule has 0 atom stereocenters. The van der Waals surface area contributed by atoms with Gasteiger partial charge in [0.1, 0.15) is 5.82 Å². The summed E-state index contributed by atoms with van der Waals surface area (Å²) in [6, 6.07) is 9.02. The number of benzene rings is 2. The summed E-state index contributed by atoms with van der Waals surface area (Å²) in [5.41, 5.74) is 1.00. The number of carbonyl (C=O) groups is 2. The second-order valence-electron chi connectivity index (χ2n) is 6.03. The van der Waals surface area contributed by atoms with E-state index in [1.54, 1.807) is 31.2 Å². The van der Waals surface area contributed by atoms with E-state index in [-0.39, 0.29) is 5.56 Å². The van der Waals surface area contributed by atoms with Gasteiger partial charge in [-0.2, -0.15) is 0 Å². The highest BCUT2D eigenvalue weighted by Gasteiger charge is 2.14. The molecule has 1 amide bonds. The molecule has 2 rings (SSSR count). The number of halogens is 1. The average Bonchev–Trinajstić information content (AvgIpc) is 2.68. The number of carbonyl (C=O) groups excluding carboxylic acids is 2. The molecule has 1 N–H and O–H groups in total. The molecule has 28 heavy (non-hydrogen) atoms. The molecule has 0 aliphatic carbocycles. The van der Waals surface area contributed by atoms with E-state index in [2.05, 4.69) is 5.32 Å². The molecule has 6 nitrogen and oxygen atoms in total. The molecule has 0 unspecified atom stereocenters. The van der Waals surface area contributed by atoms with Gasteiger partial charge in [0, 0.05) is 5.69 Å². The summed E-state index contributed by atoms with van der Waals surface area (Å²) in [4.78, 5) is 24.2. The fourth-order valence-electron chi connectivity index (χ4n) is 2.32. The van der Waals surface area contributed by atoms with Crippen LogP contribution in [0, 0.1) is 12.7 Å². The molecule has 0 spiro atoms. The van der Waals surface area contributed by atoms with Crippen LogP contribution < -0.4 is 14.8 Å². The molecule has 0 aliphatic heterocycles. The van der Waals surface area contributed by atoms with E-state index in [1.165, 1.54) is 12.1 Å². The van der Waals surface area contributed by atoms with E-state index >= 15 is 0 Å². The van der Waals surface area contributed by atoms with E-state index in [4.69, 9.17) is 14.2 Å². The number of ether oxygens (including phenoxy) is 3. The summed E-state index contributed by atoms with van der Waals surface area (Å²) in [6.07, 6.45) is 0.843. The van der Waals surface area contributed by atoms with Gasteiger partial charge in [0.05, 0.1) is 18.8 Å². The number of esters is 1. The minimum absolute atomic E-state index is 0.237. The van der Waals surface area contributed by atoms with Crippen molar-refractivity contribution in [3.63, 3.8) is 0 Å². The Kier molecular flexibility index (Phi) is 7.80. The summed E-state index contributed by atoms with van der Waals surface area (Å²) in [6.45, 7) is 5.89. The zero-order chi connectivity index (χ0) is 20.5. The third kappa shape index (κ3) is 5.97. The third-order valence-corrected chi connectivity index (χ3v) is 3.73. The lowest BCUT2D eigenvalue weighted by Crippen LogP contribution is -2.21. The highest BCUT2D eigenvalue weighted by Crippen LogP contribution is 2.29. The maximum Gasteiger partial charge on any atom is 0.338 e. The van der Waals surface area contributed by atoms with Gasteiger partial charge in [0.25, 0.3) is 5.91 Å². The van der Waals surface area contributed by atoms with Crippen molar-refractivity contribution in [1.82, 2.24) is 0 Å². The molecule has 7 heteroatoms. The number of hydrogen-bond donors (Lipinski definition) is 1. The van der Waals surface area contributed by atoms with E-state index in [0.29, 0.717) is 36.0 Å². The monoisotopic (exact) mass is 389 g/mol. The Morgan fingerprint density at radius 1 is 1.04 bits per heavy atom. The number of amides is 1. The largest absolute Gasteiger partial charge is 0.490 e. The summed E-state index contributed by atoms with van der Waals surface area (Å²) >= 11 is 0. The molecule has 0 saturated heterocycles. The Morgan fingerprint density at radius 2 is 1.82 bits per heavy atom. The van der Waals surface area contributed by atoms with Crippen LogP contribution in [0.25, 0.3) is 0 Å². The SMILES string of the molecule is CCCOc1ccc(C(=O)OCC(=O)Nc2ccc(C)c(F)c2)cc1OCC. The third-order valence-electron chi connectivity index (χ3n) is 3.73. The van der Waals surface area contributed by atoms with E-state index in [1.807, 2.05) is 13.8 Å². The number of nitrogens with one attached hydrogen (secondary N) is 1. The predicted octanol–water partition coefficient (Wildman–Crippen LogP) is 4.12. The van der Waals surface area contributed by atoms with Crippen molar-refractivity contribution in [2.24, 2.45) is 0 Å². The fourth-order valence-corrected chi connectivity index (χ4v) is 2.32. The molecule has 2 aromatic rings. The Bertz CT molecular complexity index is 838. The normalized spacial score (nSPS) is 10.3. The first kappa shape index (κ1) is 21.2. The first-order valence-corrected chi connectivity index (χ1v) is 9.07. The van der Waals surface area contributed by atoms with Crippen LogP contribution in [-0.4, -0.2) is 31.7 Å². The molecule has 0 fully saturated rings. The lowest BCUT2D eigenvalue weighted by atomic mass is 10.2. The van der Waals surface area contributed by atoms with Gasteiger partial charge < -0.3 is 19.5 Å². The first-order valence-electron chi connectivity index (χ1n) is 9.07. The van der Waals surface area contributed by atoms with Gasteiger partial charge in [-0.3, -0.25) is 4.79 Å². The molecule has 0 saturated carbocycles. The Hall–Kier alpha value is -3.09. The van der Waals surface area contributed by atoms with Crippen LogP contribution in [0.15, 0.2) is 36.4 Å². The molecule has 0 heterocycles. The summed E-state index contributed by atoms with van der Waals surface area (Å²) in [5.74, 6) is -0.689. The highest BCUT2D eigenvalue weighted by molar-refractivity contribution is 5.95. The van der Waals surface area contributed by atoms with Gasteiger partial charge >= 0.3 is 5.97 Å². The summed E-state index contributed by atoms with van der Waals surface area (Å²) in [5, 5.41) is 2.48. The van der Waals surface area contributed by atoms with Crippen molar-refractivity contribution in [1.29, 1.82) is 0 Å². The van der Waals surface area contributed by atoms with Gasteiger partial charge in [-0.15, -0.1) is 0 Å². The van der Waals surface area contributed by atoms with Crippen LogP contribution in [0.1, 0.15) is 36.2 Å². The van der Waals surface area contributed by atoms with Crippen LogP contribution in [0.4, 0.5) is 10.1 Å². The van der Waals surface area contributed by atoms with E-state index in [9.17, 15) is 14.0 Å². The standard InChI is InChI=1S/C21H24FNO5/c1-4-10-27-18-9-7-15(11-19(18)26-5-2)21(25)28-13-20(24)23-16-8-6-14(3)17(22)12-16/h6-9,11-12H,4-5,10,13H2,1-3H3,(H,23,24). The molecular weight excluding hydrogens is 365 g/mol. The van der Waals surface area contributed by atoms with Crippen molar-refractivity contribution in [3.8, 4) is 11.5 Å². The van der Waals surface area contributed by atoms with Crippen LogP contribution in [0.5, 0.6) is 11.5 Å². The van der Waals surface area contributed by atoms with Crippen LogP contribution in [-0.2, 0) is 9.53 Å². The topological polar surface area (TPSA) is 73.9 Å². The minimum Gasteiger partial charge on any atom is -0.490 e. The molecule has 2 aromatic carbocycles. The summed E-state index contributed by atoms with van der Waals surface area (Å²) in [7, 11) is 0. The van der Waals surface area contributed by atoms with Crippen LogP contribution in [0.3, 0.4) is 0 Å². The molecule has 0 bridgehead atoms. The van der Waals surface area contributed by atoms with Crippen molar-refractivity contribution >= 4 is 17.6 Å². The van der Waals surface area contributed by atoms with Gasteiger partial charge in [0.2, 0.25) is 0 Å². The van der Waals surface area contributed by atoms with Gasteiger partial charge in [-0.25, -0.2) is 9.18 Å². The zero-order valence-corrected chi connectivity index (χ0v) is 16.2. The Labute approximate surface area is 163 Å². The molecular formula is C21H24FNO5. The Morgan fingerprint density at radius 3 is 2.50 bits per heavy atom. The fraction of sp³-hybridized carbons (Fsp3) is 0.333. The predicted molar refractivity (Wildman–Crippen MR) is 103 cm³/mol. The number of anilines is 1. The summed E-state index contributed by atoms with van der Waals surface area (Å²) < 4.78 is 29.6. The molecule has 0 aliphatic rings. The minimum atomic E-state index is -0.673. The van der Waals surface area contributed by atoms with Crippen molar-refractivity contribution in [2.75, 3.05) is 25.1 Å². The molecule has 0 aromatic heterocycles. The second kappa shape index (κ2) is 10.3. The van der Waals surface area contributed by atoms with Gasteiger partial charge in [-0.1, -0.05) is 13.0 Å². The van der Waals surface area contributed by atoms with E-state index in [0.717, 1.165) is 6.42 Å². The number of hydrogen-bond acceptors (Lipinski definition) is 5. The van der Waals surface area contributed by atoms with Gasteiger partial charge in [0.15, 0.2) is 18.1 Å². The maximum absolute atomic E-state index is 13.5. The average molecular weight is 389 g/mol. The number of aryl methyl sites for hydroxylation is 1. The van der Waals surface area contributed by atoms with Crippen LogP contribution in [0.2, 0.25) is 0 Å². The highest BCUT2D eigenvalue weighted by atomic mass is 19.1. The lowest BCUT2D eigenvalue weighted by molar-refractivity contribution is -0.119. The van der Waals surface area contributed by atoms with Crippen molar-refractivity contribution < 1.29 is 28.2 Å². The second-order valence-corrected chi connectivity index (χ2v) is 6.03. The maximum atomic E-state index is 13.5. The van der Waals surface area contributed by atoms with E-state index < -0.39 is 24.3 Å². The number of rotatable bonds is 9. The first-order chi connectivity index (χ1) is 13.4. The van der Waals surface area contributed by atoms with Crippen molar-refractivity contribution in [2.45, 2.75) is 27.2 Å². The van der Waals surface area contributed by atoms with Gasteiger partial charge in [-0.05, 0) is 56.2 Å². The molecule has 150 valence electrons. The Balaban J connectivity index is 1.96. The van der Waals surface area contributed by atoms with Crippen LogP contribution >= 0.6 is 0 Å². The zero-order valence-electron chi connectivity index (χ0n) is 16.2. The van der Waals surface area contributed by atoms with Crippen molar-refractivity contribution in [3.05, 3.63) is 53.3 Å². The lowest BCUT2D eigenvalue weighted by Gasteiger charge is -2.13. The quantitative estimate of drug-likeness (QED) is 0.653. The molecule has 0 radical (unpaired) electrons. The smallest absolute Gasteiger partial charge is 0.338 e.